The lowest BCUT2D eigenvalue weighted by atomic mass is 10.1. The molecule has 0 fully saturated rings. The lowest BCUT2D eigenvalue weighted by Crippen LogP contribution is -1.85. The first kappa shape index (κ1) is 12.7. The van der Waals surface area contributed by atoms with E-state index in [9.17, 15) is 13.9 Å². The van der Waals surface area contributed by atoms with Gasteiger partial charge in [0, 0.05) is 10.9 Å². The first-order valence-electron chi connectivity index (χ1n) is 5.84. The van der Waals surface area contributed by atoms with Crippen LogP contribution in [0.2, 0.25) is 0 Å². The van der Waals surface area contributed by atoms with Crippen molar-refractivity contribution in [2.24, 2.45) is 0 Å². The summed E-state index contributed by atoms with van der Waals surface area (Å²) in [5, 5.41) is 12.2. The Kier molecular flexibility index (Phi) is 3.20. The highest BCUT2D eigenvalue weighted by atomic mass is 32.1. The van der Waals surface area contributed by atoms with Gasteiger partial charge >= 0.3 is 0 Å². The van der Waals surface area contributed by atoms with Crippen LogP contribution < -0.4 is 0 Å². The van der Waals surface area contributed by atoms with Crippen molar-refractivity contribution in [1.29, 1.82) is 0 Å². The van der Waals surface area contributed by atoms with Gasteiger partial charge in [0.05, 0.1) is 11.3 Å². The minimum atomic E-state index is -0.903. The molecule has 0 amide bonds. The zero-order valence-electron chi connectivity index (χ0n) is 10.2. The minimum Gasteiger partial charge on any atom is -0.507 e. The van der Waals surface area contributed by atoms with E-state index in [2.05, 4.69) is 4.98 Å². The number of para-hydroxylation sites is 1. The lowest BCUT2D eigenvalue weighted by Gasteiger charge is -2.00. The van der Waals surface area contributed by atoms with Gasteiger partial charge < -0.3 is 5.11 Å². The molecule has 0 aliphatic heterocycles. The van der Waals surface area contributed by atoms with Crippen LogP contribution in [-0.2, 0) is 0 Å². The average Bonchev–Trinajstić information content (AvgIpc) is 2.92. The van der Waals surface area contributed by atoms with Gasteiger partial charge in [-0.15, -0.1) is 11.3 Å². The summed E-state index contributed by atoms with van der Waals surface area (Å²) in [7, 11) is 0. The van der Waals surface area contributed by atoms with E-state index in [1.807, 2.05) is 0 Å². The number of hydrogen-bond donors (Lipinski definition) is 1. The van der Waals surface area contributed by atoms with Crippen molar-refractivity contribution < 1.29 is 13.9 Å². The standard InChI is InChI=1S/C15H9F2NOS/c16-11-6-5-9(7-12(11)17)13-8-20-15(18-13)10-3-1-2-4-14(10)19/h1-8,19H. The molecule has 0 radical (unpaired) electrons. The van der Waals surface area contributed by atoms with Gasteiger partial charge in [0.2, 0.25) is 0 Å². The lowest BCUT2D eigenvalue weighted by molar-refractivity contribution is 0.477. The van der Waals surface area contributed by atoms with Crippen LogP contribution in [-0.4, -0.2) is 10.1 Å². The Morgan fingerprint density at radius 1 is 1.00 bits per heavy atom. The molecule has 2 aromatic carbocycles. The van der Waals surface area contributed by atoms with Crippen molar-refractivity contribution in [3.8, 4) is 27.6 Å². The zero-order chi connectivity index (χ0) is 14.1. The number of aromatic nitrogens is 1. The molecule has 1 aromatic heterocycles. The summed E-state index contributed by atoms with van der Waals surface area (Å²) >= 11 is 1.33. The summed E-state index contributed by atoms with van der Waals surface area (Å²) < 4.78 is 26.1. The molecule has 0 aliphatic carbocycles. The second-order valence-electron chi connectivity index (χ2n) is 4.18. The van der Waals surface area contributed by atoms with Crippen molar-refractivity contribution in [3.05, 3.63) is 59.5 Å². The van der Waals surface area contributed by atoms with Crippen molar-refractivity contribution in [1.82, 2.24) is 4.98 Å². The third-order valence-electron chi connectivity index (χ3n) is 2.85. The number of phenolic OH excluding ortho intramolecular Hbond substituents is 1. The monoisotopic (exact) mass is 289 g/mol. The number of nitrogens with zero attached hydrogens (tertiary/aromatic N) is 1. The topological polar surface area (TPSA) is 33.1 Å². The van der Waals surface area contributed by atoms with Crippen molar-refractivity contribution in [2.75, 3.05) is 0 Å². The van der Waals surface area contributed by atoms with Crippen LogP contribution in [0.4, 0.5) is 8.78 Å². The number of thiazole rings is 1. The first-order chi connectivity index (χ1) is 9.65. The Labute approximate surface area is 118 Å². The highest BCUT2D eigenvalue weighted by Gasteiger charge is 2.11. The number of benzene rings is 2. The van der Waals surface area contributed by atoms with E-state index >= 15 is 0 Å². The molecule has 5 heteroatoms. The fourth-order valence-electron chi connectivity index (χ4n) is 1.84. The minimum absolute atomic E-state index is 0.138. The average molecular weight is 289 g/mol. The number of phenols is 1. The van der Waals surface area contributed by atoms with Gasteiger partial charge in [-0.05, 0) is 30.3 Å². The van der Waals surface area contributed by atoms with E-state index < -0.39 is 11.6 Å². The van der Waals surface area contributed by atoms with E-state index in [-0.39, 0.29) is 5.75 Å². The molecule has 1 N–H and O–H groups in total. The maximum Gasteiger partial charge on any atom is 0.159 e. The van der Waals surface area contributed by atoms with Crippen LogP contribution in [0.3, 0.4) is 0 Å². The van der Waals surface area contributed by atoms with Gasteiger partial charge in [0.1, 0.15) is 10.8 Å². The van der Waals surface area contributed by atoms with Gasteiger partial charge in [0.15, 0.2) is 11.6 Å². The molecular formula is C15H9F2NOS. The normalized spacial score (nSPS) is 10.7. The van der Waals surface area contributed by atoms with Gasteiger partial charge in [-0.25, -0.2) is 13.8 Å². The highest BCUT2D eigenvalue weighted by molar-refractivity contribution is 7.13. The Hall–Kier alpha value is -2.27. The molecule has 0 saturated carbocycles. The Morgan fingerprint density at radius 2 is 1.80 bits per heavy atom. The van der Waals surface area contributed by atoms with Crippen LogP contribution in [0.1, 0.15) is 0 Å². The molecule has 100 valence electrons. The third-order valence-corrected chi connectivity index (χ3v) is 3.73. The van der Waals surface area contributed by atoms with E-state index in [4.69, 9.17) is 0 Å². The third kappa shape index (κ3) is 2.28. The summed E-state index contributed by atoms with van der Waals surface area (Å²) in [5.74, 6) is -1.65. The molecule has 0 saturated heterocycles. The molecule has 2 nitrogen and oxygen atoms in total. The van der Waals surface area contributed by atoms with Crippen molar-refractivity contribution in [3.63, 3.8) is 0 Å². The zero-order valence-corrected chi connectivity index (χ0v) is 11.0. The maximum absolute atomic E-state index is 13.2. The quantitative estimate of drug-likeness (QED) is 0.755. The summed E-state index contributed by atoms with van der Waals surface area (Å²) in [6.07, 6.45) is 0. The maximum atomic E-state index is 13.2. The Morgan fingerprint density at radius 3 is 2.55 bits per heavy atom. The molecule has 3 rings (SSSR count). The Bertz CT molecular complexity index is 770. The number of halogens is 2. The number of hydrogen-bond acceptors (Lipinski definition) is 3. The Balaban J connectivity index is 2.02. The molecule has 0 aliphatic rings. The molecule has 0 bridgehead atoms. The van der Waals surface area contributed by atoms with E-state index in [1.165, 1.54) is 17.4 Å². The van der Waals surface area contributed by atoms with Gasteiger partial charge in [-0.1, -0.05) is 12.1 Å². The van der Waals surface area contributed by atoms with E-state index in [1.54, 1.807) is 29.6 Å². The summed E-state index contributed by atoms with van der Waals surface area (Å²) in [6.45, 7) is 0. The van der Waals surface area contributed by atoms with Gasteiger partial charge in [-0.3, -0.25) is 0 Å². The van der Waals surface area contributed by atoms with Gasteiger partial charge in [0.25, 0.3) is 0 Å². The predicted molar refractivity (Wildman–Crippen MR) is 74.6 cm³/mol. The van der Waals surface area contributed by atoms with E-state index in [0.717, 1.165) is 12.1 Å². The molecular weight excluding hydrogens is 280 g/mol. The van der Waals surface area contributed by atoms with Crippen molar-refractivity contribution >= 4 is 11.3 Å². The SMILES string of the molecule is Oc1ccccc1-c1nc(-c2ccc(F)c(F)c2)cs1. The fourth-order valence-corrected chi connectivity index (χ4v) is 2.70. The predicted octanol–water partition coefficient (Wildman–Crippen LogP) is 4.46. The van der Waals surface area contributed by atoms with Crippen LogP contribution in [0.15, 0.2) is 47.8 Å². The molecule has 20 heavy (non-hydrogen) atoms. The fraction of sp³-hybridized carbons (Fsp3) is 0. The van der Waals surface area contributed by atoms with Gasteiger partial charge in [-0.2, -0.15) is 0 Å². The molecule has 0 spiro atoms. The molecule has 3 aromatic rings. The van der Waals surface area contributed by atoms with Crippen molar-refractivity contribution in [2.45, 2.75) is 0 Å². The second-order valence-corrected chi connectivity index (χ2v) is 5.04. The summed E-state index contributed by atoms with van der Waals surface area (Å²) in [6, 6.07) is 10.5. The second kappa shape index (κ2) is 5.02. The van der Waals surface area contributed by atoms with Crippen LogP contribution in [0, 0.1) is 11.6 Å². The smallest absolute Gasteiger partial charge is 0.159 e. The summed E-state index contributed by atoms with van der Waals surface area (Å²) in [5.41, 5.74) is 1.67. The van der Waals surface area contributed by atoms with E-state index in [0.29, 0.717) is 21.8 Å². The molecule has 1 heterocycles. The molecule has 0 unspecified atom stereocenters. The molecule has 0 atom stereocenters. The highest BCUT2D eigenvalue weighted by Crippen LogP contribution is 2.33. The van der Waals surface area contributed by atoms with Crippen LogP contribution in [0.5, 0.6) is 5.75 Å². The number of rotatable bonds is 2. The van der Waals surface area contributed by atoms with Crippen LogP contribution >= 0.6 is 11.3 Å². The first-order valence-corrected chi connectivity index (χ1v) is 6.72. The summed E-state index contributed by atoms with van der Waals surface area (Å²) in [4.78, 5) is 4.35. The largest absolute Gasteiger partial charge is 0.507 e. The van der Waals surface area contributed by atoms with Crippen LogP contribution in [0.25, 0.3) is 21.8 Å². The number of aromatic hydroxyl groups is 1.